The minimum absolute atomic E-state index is 0.563. The number of likely N-dealkylation sites (tertiary alicyclic amines) is 1. The van der Waals surface area contributed by atoms with Crippen LogP contribution >= 0.6 is 11.6 Å². The Morgan fingerprint density at radius 1 is 1.50 bits per heavy atom. The number of imidazole rings is 1. The maximum atomic E-state index is 6.26. The van der Waals surface area contributed by atoms with Crippen molar-refractivity contribution in [2.24, 2.45) is 5.92 Å². The van der Waals surface area contributed by atoms with Gasteiger partial charge in [-0.05, 0) is 38.1 Å². The van der Waals surface area contributed by atoms with Crippen molar-refractivity contribution in [3.63, 3.8) is 0 Å². The highest BCUT2D eigenvalue weighted by molar-refractivity contribution is 6.35. The van der Waals surface area contributed by atoms with Crippen LogP contribution in [-0.2, 0) is 6.54 Å². The molecule has 5 heteroatoms. The summed E-state index contributed by atoms with van der Waals surface area (Å²) < 4.78 is 2.06. The van der Waals surface area contributed by atoms with Crippen LogP contribution in [0.3, 0.4) is 0 Å². The van der Waals surface area contributed by atoms with Crippen LogP contribution in [0, 0.1) is 5.92 Å². The van der Waals surface area contributed by atoms with E-state index in [1.54, 1.807) is 0 Å². The minimum Gasteiger partial charge on any atom is -0.369 e. The molecule has 0 radical (unpaired) electrons. The number of hydrogen-bond acceptors (Lipinski definition) is 3. The number of nitrogens with zero attached hydrogens (tertiary/aromatic N) is 3. The van der Waals surface area contributed by atoms with Gasteiger partial charge in [-0.3, -0.25) is 0 Å². The van der Waals surface area contributed by atoms with Crippen molar-refractivity contribution < 1.29 is 0 Å². The summed E-state index contributed by atoms with van der Waals surface area (Å²) in [4.78, 5) is 6.73. The summed E-state index contributed by atoms with van der Waals surface area (Å²) >= 11 is 6.26. The number of nitrogens with two attached hydrogens (primary N) is 1. The van der Waals surface area contributed by atoms with E-state index >= 15 is 0 Å². The minimum atomic E-state index is 0.563. The lowest BCUT2D eigenvalue weighted by atomic mass is 10.1. The van der Waals surface area contributed by atoms with E-state index in [0.717, 1.165) is 35.7 Å². The van der Waals surface area contributed by atoms with Crippen LogP contribution in [0.1, 0.15) is 6.42 Å². The number of benzene rings is 1. The molecule has 4 nitrogen and oxygen atoms in total. The molecule has 1 aliphatic heterocycles. The summed E-state index contributed by atoms with van der Waals surface area (Å²) in [7, 11) is 2.16. The van der Waals surface area contributed by atoms with E-state index in [1.807, 2.05) is 18.2 Å². The largest absolute Gasteiger partial charge is 0.369 e. The average molecular weight is 265 g/mol. The molecule has 18 heavy (non-hydrogen) atoms. The number of hydrogen-bond donors (Lipinski definition) is 1. The molecule has 2 N–H and O–H groups in total. The Bertz CT molecular complexity index is 578. The second kappa shape index (κ2) is 4.44. The zero-order valence-electron chi connectivity index (χ0n) is 10.4. The lowest BCUT2D eigenvalue weighted by Gasteiger charge is -2.13. The predicted octanol–water partition coefficient (Wildman–Crippen LogP) is 2.22. The highest BCUT2D eigenvalue weighted by atomic mass is 35.5. The molecule has 1 saturated heterocycles. The summed E-state index contributed by atoms with van der Waals surface area (Å²) in [5.74, 6) is 1.19. The van der Waals surface area contributed by atoms with E-state index in [9.17, 15) is 0 Å². The maximum absolute atomic E-state index is 6.26. The van der Waals surface area contributed by atoms with Crippen LogP contribution in [0.4, 0.5) is 5.95 Å². The second-order valence-electron chi connectivity index (χ2n) is 5.11. The Morgan fingerprint density at radius 3 is 3.06 bits per heavy atom. The van der Waals surface area contributed by atoms with Gasteiger partial charge in [-0.25, -0.2) is 4.98 Å². The van der Waals surface area contributed by atoms with E-state index in [0.29, 0.717) is 11.9 Å². The van der Waals surface area contributed by atoms with Gasteiger partial charge in [0.05, 0.1) is 16.1 Å². The molecular weight excluding hydrogens is 248 g/mol. The van der Waals surface area contributed by atoms with E-state index in [-0.39, 0.29) is 0 Å². The van der Waals surface area contributed by atoms with Crippen LogP contribution in [-0.4, -0.2) is 34.6 Å². The quantitative estimate of drug-likeness (QED) is 0.905. The highest BCUT2D eigenvalue weighted by Crippen LogP contribution is 2.28. The number of fused-ring (bicyclic) bond motifs is 1. The maximum Gasteiger partial charge on any atom is 0.201 e. The van der Waals surface area contributed by atoms with E-state index in [4.69, 9.17) is 17.3 Å². The van der Waals surface area contributed by atoms with Crippen LogP contribution in [0.2, 0.25) is 5.02 Å². The third-order valence-electron chi connectivity index (χ3n) is 3.68. The van der Waals surface area contributed by atoms with Crippen LogP contribution < -0.4 is 5.73 Å². The third kappa shape index (κ3) is 1.95. The lowest BCUT2D eigenvalue weighted by molar-refractivity contribution is 0.380. The van der Waals surface area contributed by atoms with Crippen molar-refractivity contribution in [3.8, 4) is 0 Å². The first-order valence-electron chi connectivity index (χ1n) is 6.24. The molecule has 0 aliphatic carbocycles. The third-order valence-corrected chi connectivity index (χ3v) is 3.98. The van der Waals surface area contributed by atoms with Gasteiger partial charge in [-0.15, -0.1) is 0 Å². The zero-order valence-corrected chi connectivity index (χ0v) is 11.2. The first-order valence-corrected chi connectivity index (χ1v) is 6.61. The fourth-order valence-corrected chi connectivity index (χ4v) is 3.05. The number of rotatable bonds is 2. The molecule has 0 saturated carbocycles. The van der Waals surface area contributed by atoms with Crippen molar-refractivity contribution in [2.75, 3.05) is 25.9 Å². The van der Waals surface area contributed by atoms with E-state index < -0.39 is 0 Å². The number of para-hydroxylation sites is 1. The zero-order chi connectivity index (χ0) is 12.7. The van der Waals surface area contributed by atoms with Gasteiger partial charge in [-0.2, -0.15) is 0 Å². The number of nitrogen functional groups attached to an aromatic ring is 1. The molecule has 2 aromatic rings. The SMILES string of the molecule is CN1CCC(Cn2c(N)nc3cccc(Cl)c32)C1. The van der Waals surface area contributed by atoms with Gasteiger partial charge in [0.15, 0.2) is 0 Å². The Balaban J connectivity index is 1.98. The molecule has 3 rings (SSSR count). The number of halogens is 1. The van der Waals surface area contributed by atoms with Crippen molar-refractivity contribution in [1.82, 2.24) is 14.5 Å². The van der Waals surface area contributed by atoms with Crippen molar-refractivity contribution in [1.29, 1.82) is 0 Å². The van der Waals surface area contributed by atoms with Gasteiger partial charge >= 0.3 is 0 Å². The lowest BCUT2D eigenvalue weighted by Crippen LogP contribution is -2.18. The van der Waals surface area contributed by atoms with E-state index in [2.05, 4.69) is 21.5 Å². The fraction of sp³-hybridized carbons (Fsp3) is 0.462. The molecule has 1 aliphatic rings. The molecule has 0 bridgehead atoms. The Hall–Kier alpha value is -1.26. The Labute approximate surface area is 111 Å². The van der Waals surface area contributed by atoms with Gasteiger partial charge in [-0.1, -0.05) is 17.7 Å². The Kier molecular flexibility index (Phi) is 2.92. The summed E-state index contributed by atoms with van der Waals surface area (Å²) in [6.07, 6.45) is 1.21. The molecule has 1 aromatic heterocycles. The average Bonchev–Trinajstić information content (AvgIpc) is 2.85. The van der Waals surface area contributed by atoms with Gasteiger partial charge in [0.25, 0.3) is 0 Å². The smallest absolute Gasteiger partial charge is 0.201 e. The van der Waals surface area contributed by atoms with Crippen LogP contribution in [0.25, 0.3) is 11.0 Å². The summed E-state index contributed by atoms with van der Waals surface area (Å²) in [6, 6.07) is 5.75. The van der Waals surface area contributed by atoms with E-state index in [1.165, 1.54) is 6.42 Å². The van der Waals surface area contributed by atoms with Gasteiger partial charge < -0.3 is 15.2 Å². The standard InChI is InChI=1S/C13H17ClN4/c1-17-6-5-9(7-17)8-18-12-10(14)3-2-4-11(12)16-13(18)15/h2-4,9H,5-8H2,1H3,(H2,15,16). The molecule has 0 spiro atoms. The van der Waals surface area contributed by atoms with Gasteiger partial charge in [0.2, 0.25) is 5.95 Å². The molecular formula is C13H17ClN4. The van der Waals surface area contributed by atoms with Crippen LogP contribution in [0.5, 0.6) is 0 Å². The Morgan fingerprint density at radius 2 is 2.33 bits per heavy atom. The molecule has 2 heterocycles. The fourth-order valence-electron chi connectivity index (χ4n) is 2.78. The monoisotopic (exact) mass is 264 g/mol. The predicted molar refractivity (Wildman–Crippen MR) is 74.8 cm³/mol. The number of anilines is 1. The van der Waals surface area contributed by atoms with Gasteiger partial charge in [0.1, 0.15) is 0 Å². The molecule has 1 atom stereocenters. The molecule has 96 valence electrons. The first-order chi connectivity index (χ1) is 8.65. The first kappa shape index (κ1) is 11.8. The molecule has 1 unspecified atom stereocenters. The van der Waals surface area contributed by atoms with Crippen LogP contribution in [0.15, 0.2) is 18.2 Å². The molecule has 1 aromatic carbocycles. The summed E-state index contributed by atoms with van der Waals surface area (Å²) in [6.45, 7) is 3.17. The summed E-state index contributed by atoms with van der Waals surface area (Å²) in [5, 5.41) is 0.725. The van der Waals surface area contributed by atoms with Crippen molar-refractivity contribution >= 4 is 28.6 Å². The summed E-state index contributed by atoms with van der Waals surface area (Å²) in [5.41, 5.74) is 7.86. The normalized spacial score (nSPS) is 20.9. The van der Waals surface area contributed by atoms with Crippen molar-refractivity contribution in [3.05, 3.63) is 23.2 Å². The molecule has 0 amide bonds. The molecule has 1 fully saturated rings. The highest BCUT2D eigenvalue weighted by Gasteiger charge is 2.22. The number of aromatic nitrogens is 2. The van der Waals surface area contributed by atoms with Gasteiger partial charge in [0, 0.05) is 13.1 Å². The van der Waals surface area contributed by atoms with Crippen molar-refractivity contribution in [2.45, 2.75) is 13.0 Å². The topological polar surface area (TPSA) is 47.1 Å². The second-order valence-corrected chi connectivity index (χ2v) is 5.51.